The standard InChI is InChI=1S/C21H26N4O4/c22-10-13-3-1-2-4-16(13)23-11-12-5-6-14-15(9-12)21(29)25(20(14)28)17-7-8-18(26)24-19(17)27/h5-6,9,13,16-17,23H,1-4,7-8,10-11,22H2,(H,24,26,27). The van der Waals surface area contributed by atoms with Crippen molar-refractivity contribution in [3.8, 4) is 0 Å². The third-order valence-electron chi connectivity index (χ3n) is 6.28. The van der Waals surface area contributed by atoms with Crippen LogP contribution in [-0.4, -0.2) is 47.2 Å². The zero-order valence-corrected chi connectivity index (χ0v) is 16.3. The minimum Gasteiger partial charge on any atom is -0.330 e. The van der Waals surface area contributed by atoms with Crippen LogP contribution in [0.25, 0.3) is 0 Å². The molecule has 0 aromatic heterocycles. The molecule has 8 nitrogen and oxygen atoms in total. The predicted molar refractivity (Wildman–Crippen MR) is 105 cm³/mol. The zero-order valence-electron chi connectivity index (χ0n) is 16.3. The number of amides is 4. The Morgan fingerprint density at radius 1 is 1.03 bits per heavy atom. The number of carbonyl (C=O) groups excluding carboxylic acids is 4. The summed E-state index contributed by atoms with van der Waals surface area (Å²) >= 11 is 0. The Balaban J connectivity index is 1.48. The van der Waals surface area contributed by atoms with Gasteiger partial charge in [-0.05, 0) is 49.4 Å². The van der Waals surface area contributed by atoms with E-state index >= 15 is 0 Å². The van der Waals surface area contributed by atoms with Crippen molar-refractivity contribution in [2.45, 2.75) is 57.2 Å². The number of nitrogens with one attached hydrogen (secondary N) is 2. The van der Waals surface area contributed by atoms with Gasteiger partial charge in [0, 0.05) is 19.0 Å². The van der Waals surface area contributed by atoms with Gasteiger partial charge in [-0.25, -0.2) is 0 Å². The summed E-state index contributed by atoms with van der Waals surface area (Å²) in [5.74, 6) is -1.46. The molecule has 1 saturated carbocycles. The molecule has 29 heavy (non-hydrogen) atoms. The number of carbonyl (C=O) groups is 4. The molecule has 1 aromatic carbocycles. The number of rotatable bonds is 5. The molecular formula is C21H26N4O4. The molecule has 1 aliphatic carbocycles. The number of hydrogen-bond acceptors (Lipinski definition) is 6. The molecule has 1 aromatic rings. The summed E-state index contributed by atoms with van der Waals surface area (Å²) in [6.45, 7) is 1.25. The summed E-state index contributed by atoms with van der Waals surface area (Å²) < 4.78 is 0. The molecule has 4 amide bonds. The molecule has 154 valence electrons. The Kier molecular flexibility index (Phi) is 5.47. The van der Waals surface area contributed by atoms with Gasteiger partial charge in [0.05, 0.1) is 11.1 Å². The van der Waals surface area contributed by atoms with Crippen LogP contribution in [0.3, 0.4) is 0 Å². The predicted octanol–water partition coefficient (Wildman–Crippen LogP) is 0.695. The zero-order chi connectivity index (χ0) is 20.5. The molecule has 2 fully saturated rings. The van der Waals surface area contributed by atoms with Crippen LogP contribution in [0.2, 0.25) is 0 Å². The largest absolute Gasteiger partial charge is 0.330 e. The van der Waals surface area contributed by atoms with E-state index in [1.807, 2.05) is 6.07 Å². The fourth-order valence-electron chi connectivity index (χ4n) is 4.64. The maximum absolute atomic E-state index is 12.9. The van der Waals surface area contributed by atoms with Crippen molar-refractivity contribution < 1.29 is 19.2 Å². The lowest BCUT2D eigenvalue weighted by atomic mass is 9.84. The molecule has 0 radical (unpaired) electrons. The van der Waals surface area contributed by atoms with E-state index in [0.29, 0.717) is 36.2 Å². The van der Waals surface area contributed by atoms with E-state index in [1.54, 1.807) is 12.1 Å². The summed E-state index contributed by atoms with van der Waals surface area (Å²) in [5.41, 5.74) is 7.43. The molecular weight excluding hydrogens is 372 g/mol. The number of hydrogen-bond donors (Lipinski definition) is 3. The summed E-state index contributed by atoms with van der Waals surface area (Å²) in [6.07, 6.45) is 4.90. The lowest BCUT2D eigenvalue weighted by Gasteiger charge is -2.31. The molecule has 2 heterocycles. The first-order valence-electron chi connectivity index (χ1n) is 10.3. The molecule has 4 N–H and O–H groups in total. The van der Waals surface area contributed by atoms with Gasteiger partial charge in [0.1, 0.15) is 6.04 Å². The second-order valence-electron chi connectivity index (χ2n) is 8.09. The quantitative estimate of drug-likeness (QED) is 0.628. The van der Waals surface area contributed by atoms with Crippen LogP contribution in [0.15, 0.2) is 18.2 Å². The van der Waals surface area contributed by atoms with Crippen LogP contribution >= 0.6 is 0 Å². The van der Waals surface area contributed by atoms with Crippen LogP contribution in [-0.2, 0) is 16.1 Å². The molecule has 8 heteroatoms. The molecule has 3 unspecified atom stereocenters. The molecule has 3 atom stereocenters. The molecule has 0 bridgehead atoms. The van der Waals surface area contributed by atoms with Crippen molar-refractivity contribution in [3.63, 3.8) is 0 Å². The fraction of sp³-hybridized carbons (Fsp3) is 0.524. The van der Waals surface area contributed by atoms with E-state index in [1.165, 1.54) is 12.8 Å². The summed E-state index contributed by atoms with van der Waals surface area (Å²) in [5, 5.41) is 5.76. The first kappa shape index (κ1) is 19.7. The first-order chi connectivity index (χ1) is 14.0. The Morgan fingerprint density at radius 3 is 2.55 bits per heavy atom. The second-order valence-corrected chi connectivity index (χ2v) is 8.09. The highest BCUT2D eigenvalue weighted by Crippen LogP contribution is 2.29. The van der Waals surface area contributed by atoms with Crippen LogP contribution < -0.4 is 16.4 Å². The van der Waals surface area contributed by atoms with Crippen LogP contribution in [0.4, 0.5) is 0 Å². The number of fused-ring (bicyclic) bond motifs is 1. The van der Waals surface area contributed by atoms with E-state index in [4.69, 9.17) is 5.73 Å². The number of nitrogens with zero attached hydrogens (tertiary/aromatic N) is 1. The molecule has 4 rings (SSSR count). The third kappa shape index (κ3) is 3.70. The number of piperidine rings is 1. The summed E-state index contributed by atoms with van der Waals surface area (Å²) in [6, 6.07) is 4.65. The van der Waals surface area contributed by atoms with E-state index in [2.05, 4.69) is 10.6 Å². The average molecular weight is 398 g/mol. The van der Waals surface area contributed by atoms with Gasteiger partial charge in [0.25, 0.3) is 11.8 Å². The highest BCUT2D eigenvalue weighted by molar-refractivity contribution is 6.23. The van der Waals surface area contributed by atoms with E-state index in [0.717, 1.165) is 23.3 Å². The van der Waals surface area contributed by atoms with Crippen molar-refractivity contribution in [2.24, 2.45) is 11.7 Å². The topological polar surface area (TPSA) is 122 Å². The highest BCUT2D eigenvalue weighted by Gasteiger charge is 2.44. The second kappa shape index (κ2) is 8.04. The number of nitrogens with two attached hydrogens (primary N) is 1. The van der Waals surface area contributed by atoms with Crippen molar-refractivity contribution in [3.05, 3.63) is 34.9 Å². The fourth-order valence-corrected chi connectivity index (χ4v) is 4.64. The highest BCUT2D eigenvalue weighted by atomic mass is 16.2. The summed E-state index contributed by atoms with van der Waals surface area (Å²) in [4.78, 5) is 50.1. The molecule has 1 saturated heterocycles. The SMILES string of the molecule is NCC1CCCCC1NCc1ccc2c(c1)C(=O)N(C1CCC(=O)NC1=O)C2=O. The van der Waals surface area contributed by atoms with Gasteiger partial charge < -0.3 is 11.1 Å². The van der Waals surface area contributed by atoms with Gasteiger partial charge in [0.2, 0.25) is 11.8 Å². The average Bonchev–Trinajstić information content (AvgIpc) is 2.97. The normalized spacial score (nSPS) is 27.2. The molecule has 3 aliphatic rings. The van der Waals surface area contributed by atoms with E-state index in [9.17, 15) is 19.2 Å². The molecule has 0 spiro atoms. The van der Waals surface area contributed by atoms with Crippen molar-refractivity contribution in [2.75, 3.05) is 6.54 Å². The lowest BCUT2D eigenvalue weighted by molar-refractivity contribution is -0.136. The Bertz CT molecular complexity index is 868. The Labute approximate surface area is 169 Å². The third-order valence-corrected chi connectivity index (χ3v) is 6.28. The van der Waals surface area contributed by atoms with Crippen molar-refractivity contribution in [1.82, 2.24) is 15.5 Å². The Morgan fingerprint density at radius 2 is 1.79 bits per heavy atom. The van der Waals surface area contributed by atoms with Crippen LogP contribution in [0, 0.1) is 5.92 Å². The van der Waals surface area contributed by atoms with Gasteiger partial charge in [-0.1, -0.05) is 18.9 Å². The maximum Gasteiger partial charge on any atom is 0.262 e. The van der Waals surface area contributed by atoms with Gasteiger partial charge in [-0.3, -0.25) is 29.4 Å². The van der Waals surface area contributed by atoms with Gasteiger partial charge in [-0.2, -0.15) is 0 Å². The summed E-state index contributed by atoms with van der Waals surface area (Å²) in [7, 11) is 0. The number of imide groups is 2. The van der Waals surface area contributed by atoms with Gasteiger partial charge in [-0.15, -0.1) is 0 Å². The van der Waals surface area contributed by atoms with E-state index < -0.39 is 23.8 Å². The van der Waals surface area contributed by atoms with E-state index in [-0.39, 0.29) is 18.7 Å². The minimum absolute atomic E-state index is 0.114. The maximum atomic E-state index is 12.9. The van der Waals surface area contributed by atoms with Crippen molar-refractivity contribution >= 4 is 23.6 Å². The van der Waals surface area contributed by atoms with Crippen LogP contribution in [0.1, 0.15) is 64.8 Å². The Hall–Kier alpha value is -2.58. The lowest BCUT2D eigenvalue weighted by Crippen LogP contribution is -2.54. The van der Waals surface area contributed by atoms with Gasteiger partial charge in [0.15, 0.2) is 0 Å². The smallest absolute Gasteiger partial charge is 0.262 e. The monoisotopic (exact) mass is 398 g/mol. The van der Waals surface area contributed by atoms with Crippen LogP contribution in [0.5, 0.6) is 0 Å². The minimum atomic E-state index is -0.936. The van der Waals surface area contributed by atoms with Gasteiger partial charge >= 0.3 is 0 Å². The van der Waals surface area contributed by atoms with Crippen molar-refractivity contribution in [1.29, 1.82) is 0 Å². The number of benzene rings is 1. The molecule has 2 aliphatic heterocycles. The first-order valence-corrected chi connectivity index (χ1v) is 10.3.